The maximum Gasteiger partial charge on any atom is 0.354 e. The summed E-state index contributed by atoms with van der Waals surface area (Å²) in [6.07, 6.45) is 7.34. The summed E-state index contributed by atoms with van der Waals surface area (Å²) in [5.41, 5.74) is 2.68. The van der Waals surface area contributed by atoms with Gasteiger partial charge in [0.05, 0.1) is 28.9 Å². The molecule has 0 atom stereocenters. The molecule has 7 nitrogen and oxygen atoms in total. The van der Waals surface area contributed by atoms with Crippen LogP contribution in [0.4, 0.5) is 5.69 Å². The van der Waals surface area contributed by atoms with Crippen LogP contribution < -0.4 is 4.90 Å². The van der Waals surface area contributed by atoms with Crippen molar-refractivity contribution in [2.24, 2.45) is 5.92 Å². The zero-order valence-corrected chi connectivity index (χ0v) is 17.3. The third kappa shape index (κ3) is 3.68. The van der Waals surface area contributed by atoms with Gasteiger partial charge in [0.15, 0.2) is 11.3 Å². The van der Waals surface area contributed by atoms with Crippen LogP contribution in [0.2, 0.25) is 0 Å². The van der Waals surface area contributed by atoms with Crippen molar-refractivity contribution in [2.45, 2.75) is 70.8 Å². The molecule has 0 spiro atoms. The lowest BCUT2D eigenvalue weighted by molar-refractivity contribution is 0.0691. The molecule has 1 N–H and O–H groups in total. The number of anilines is 1. The smallest absolute Gasteiger partial charge is 0.354 e. The summed E-state index contributed by atoms with van der Waals surface area (Å²) >= 11 is 0. The lowest BCUT2D eigenvalue weighted by Crippen LogP contribution is -2.33. The Morgan fingerprint density at radius 3 is 2.48 bits per heavy atom. The summed E-state index contributed by atoms with van der Waals surface area (Å²) in [5, 5.41) is 24.9. The van der Waals surface area contributed by atoms with Crippen LogP contribution in [-0.2, 0) is 0 Å². The lowest BCUT2D eigenvalue weighted by Gasteiger charge is -2.32. The fourth-order valence-corrected chi connectivity index (χ4v) is 4.74. The van der Waals surface area contributed by atoms with Crippen LogP contribution in [0.3, 0.4) is 0 Å². The number of hydrogen-bond donors (Lipinski definition) is 1. The van der Waals surface area contributed by atoms with E-state index in [9.17, 15) is 15.2 Å². The second-order valence-electron chi connectivity index (χ2n) is 8.70. The highest BCUT2D eigenvalue weighted by atomic mass is 16.4. The predicted molar refractivity (Wildman–Crippen MR) is 111 cm³/mol. The van der Waals surface area contributed by atoms with Gasteiger partial charge in [-0.25, -0.2) is 14.5 Å². The third-order valence-electron chi connectivity index (χ3n) is 6.37. The van der Waals surface area contributed by atoms with Gasteiger partial charge in [-0.1, -0.05) is 33.1 Å². The molecule has 154 valence electrons. The molecule has 1 aliphatic heterocycles. The van der Waals surface area contributed by atoms with Crippen molar-refractivity contribution in [3.63, 3.8) is 0 Å². The van der Waals surface area contributed by atoms with Gasteiger partial charge in [0.25, 0.3) is 0 Å². The van der Waals surface area contributed by atoms with Gasteiger partial charge in [0.1, 0.15) is 0 Å². The number of carboxylic acid groups (broad SMARTS) is 1. The number of nitriles is 1. The number of fused-ring (bicyclic) bond motifs is 1. The van der Waals surface area contributed by atoms with Gasteiger partial charge in [-0.05, 0) is 37.7 Å². The largest absolute Gasteiger partial charge is 0.477 e. The fourth-order valence-electron chi connectivity index (χ4n) is 4.74. The highest BCUT2D eigenvalue weighted by Gasteiger charge is 2.29. The molecule has 2 aromatic heterocycles. The minimum Gasteiger partial charge on any atom is -0.477 e. The Labute approximate surface area is 171 Å². The standard InChI is InChI=1S/C22H29N5O2/c1-14(2)20-19-18(26-10-8-15(13-23)9-11-26)12-17(22(28)29)24-21(19)27(25-20)16-6-4-3-5-7-16/h12,14-16H,3-11H2,1-2H3,(H,28,29). The Morgan fingerprint density at radius 2 is 1.90 bits per heavy atom. The summed E-state index contributed by atoms with van der Waals surface area (Å²) in [4.78, 5) is 18.6. The number of hydrogen-bond acceptors (Lipinski definition) is 5. The van der Waals surface area contributed by atoms with E-state index in [1.165, 1.54) is 19.3 Å². The summed E-state index contributed by atoms with van der Waals surface area (Å²) in [5.74, 6) is -0.713. The van der Waals surface area contributed by atoms with E-state index < -0.39 is 5.97 Å². The first kappa shape index (κ1) is 19.7. The van der Waals surface area contributed by atoms with Crippen molar-refractivity contribution < 1.29 is 9.90 Å². The van der Waals surface area contributed by atoms with Gasteiger partial charge >= 0.3 is 5.97 Å². The van der Waals surface area contributed by atoms with Gasteiger partial charge in [-0.2, -0.15) is 10.4 Å². The SMILES string of the molecule is CC(C)c1nn(C2CCCCC2)c2nc(C(=O)O)cc(N3CCC(C#N)CC3)c12. The zero-order valence-electron chi connectivity index (χ0n) is 17.3. The molecule has 3 heterocycles. The zero-order chi connectivity index (χ0) is 20.5. The monoisotopic (exact) mass is 395 g/mol. The van der Waals surface area contributed by atoms with Gasteiger partial charge in [0.2, 0.25) is 0 Å². The highest BCUT2D eigenvalue weighted by Crippen LogP contribution is 2.38. The minimum atomic E-state index is -1.01. The van der Waals surface area contributed by atoms with Crippen LogP contribution in [0.15, 0.2) is 6.07 Å². The Balaban J connectivity index is 1.88. The lowest BCUT2D eigenvalue weighted by atomic mass is 9.95. The second kappa shape index (κ2) is 8.02. The molecule has 0 bridgehead atoms. The van der Waals surface area contributed by atoms with Crippen LogP contribution in [0, 0.1) is 17.2 Å². The number of carbonyl (C=O) groups is 1. The van der Waals surface area contributed by atoms with E-state index in [1.807, 2.05) is 4.68 Å². The minimum absolute atomic E-state index is 0.0715. The van der Waals surface area contributed by atoms with Crippen LogP contribution >= 0.6 is 0 Å². The summed E-state index contributed by atoms with van der Waals surface area (Å²) in [6, 6.07) is 4.36. The molecule has 0 radical (unpaired) electrons. The Morgan fingerprint density at radius 1 is 1.21 bits per heavy atom. The second-order valence-corrected chi connectivity index (χ2v) is 8.70. The average molecular weight is 396 g/mol. The van der Waals surface area contributed by atoms with Gasteiger partial charge < -0.3 is 10.0 Å². The van der Waals surface area contributed by atoms with Gasteiger partial charge in [-0.3, -0.25) is 0 Å². The van der Waals surface area contributed by atoms with Crippen molar-refractivity contribution in [2.75, 3.05) is 18.0 Å². The normalized spacial score (nSPS) is 19.0. The quantitative estimate of drug-likeness (QED) is 0.819. The molecule has 2 aliphatic rings. The maximum absolute atomic E-state index is 11.9. The molecule has 2 fully saturated rings. The summed E-state index contributed by atoms with van der Waals surface area (Å²) < 4.78 is 2.02. The first-order valence-electron chi connectivity index (χ1n) is 10.8. The molecule has 0 unspecified atom stereocenters. The number of pyridine rings is 1. The molecular formula is C22H29N5O2. The van der Waals surface area contributed by atoms with Crippen LogP contribution in [0.1, 0.15) is 86.9 Å². The topological polar surface area (TPSA) is 95.0 Å². The number of nitrogens with zero attached hydrogens (tertiary/aromatic N) is 5. The Hall–Kier alpha value is -2.62. The number of aromatic carboxylic acids is 1. The number of piperidine rings is 1. The van der Waals surface area contributed by atoms with E-state index in [1.54, 1.807) is 6.07 Å². The van der Waals surface area contributed by atoms with Crippen LogP contribution in [-0.4, -0.2) is 38.9 Å². The Bertz CT molecular complexity index is 944. The summed E-state index contributed by atoms with van der Waals surface area (Å²) in [7, 11) is 0. The van der Waals surface area contributed by atoms with Crippen molar-refractivity contribution in [3.05, 3.63) is 17.5 Å². The van der Waals surface area contributed by atoms with Crippen molar-refractivity contribution in [3.8, 4) is 6.07 Å². The molecule has 4 rings (SSSR count). The predicted octanol–water partition coefficient (Wildman–Crippen LogP) is 4.50. The first-order chi connectivity index (χ1) is 14.0. The fraction of sp³-hybridized carbons (Fsp3) is 0.636. The van der Waals surface area contributed by atoms with Crippen LogP contribution in [0.5, 0.6) is 0 Å². The molecular weight excluding hydrogens is 366 g/mol. The molecule has 0 amide bonds. The van der Waals surface area contributed by atoms with E-state index >= 15 is 0 Å². The van der Waals surface area contributed by atoms with E-state index in [-0.39, 0.29) is 23.6 Å². The van der Waals surface area contributed by atoms with E-state index in [2.05, 4.69) is 29.8 Å². The summed E-state index contributed by atoms with van der Waals surface area (Å²) in [6.45, 7) is 5.76. The Kier molecular flexibility index (Phi) is 5.44. The highest BCUT2D eigenvalue weighted by molar-refractivity contribution is 5.98. The number of carboxylic acids is 1. The third-order valence-corrected chi connectivity index (χ3v) is 6.37. The molecule has 1 saturated heterocycles. The van der Waals surface area contributed by atoms with Crippen molar-refractivity contribution >= 4 is 22.7 Å². The number of aromatic nitrogens is 3. The van der Waals surface area contributed by atoms with E-state index in [4.69, 9.17) is 5.10 Å². The van der Waals surface area contributed by atoms with E-state index in [0.29, 0.717) is 5.65 Å². The first-order valence-corrected chi connectivity index (χ1v) is 10.8. The molecule has 1 saturated carbocycles. The van der Waals surface area contributed by atoms with Gasteiger partial charge in [-0.15, -0.1) is 0 Å². The molecule has 7 heteroatoms. The van der Waals surface area contributed by atoms with E-state index in [0.717, 1.165) is 55.5 Å². The molecule has 0 aromatic carbocycles. The maximum atomic E-state index is 11.9. The molecule has 29 heavy (non-hydrogen) atoms. The van der Waals surface area contributed by atoms with Crippen molar-refractivity contribution in [1.29, 1.82) is 5.26 Å². The molecule has 2 aromatic rings. The van der Waals surface area contributed by atoms with Crippen molar-refractivity contribution in [1.82, 2.24) is 14.8 Å². The van der Waals surface area contributed by atoms with Crippen LogP contribution in [0.25, 0.3) is 11.0 Å². The number of rotatable bonds is 4. The van der Waals surface area contributed by atoms with Gasteiger partial charge in [0, 0.05) is 19.0 Å². The molecule has 1 aliphatic carbocycles. The average Bonchev–Trinajstić information content (AvgIpc) is 3.14.